The summed E-state index contributed by atoms with van der Waals surface area (Å²) in [6.45, 7) is 1.86. The van der Waals surface area contributed by atoms with Gasteiger partial charge in [-0.1, -0.05) is 0 Å². The number of benzene rings is 1. The molecule has 0 aromatic heterocycles. The van der Waals surface area contributed by atoms with Gasteiger partial charge in [0.05, 0.1) is 19.0 Å². The molecule has 0 aliphatic heterocycles. The summed E-state index contributed by atoms with van der Waals surface area (Å²) in [5.74, 6) is -0.859. The quantitative estimate of drug-likeness (QED) is 0.613. The number of rotatable bonds is 8. The molecule has 0 aliphatic carbocycles. The minimum Gasteiger partial charge on any atom is -0.494 e. The number of carbonyl (C=O) groups is 2. The Morgan fingerprint density at radius 3 is 2.50 bits per heavy atom. The minimum absolute atomic E-state index is 0.0811. The van der Waals surface area contributed by atoms with Crippen molar-refractivity contribution in [1.29, 1.82) is 0 Å². The number of carbonyl (C=O) groups excluding carboxylic acids is 1. The van der Waals surface area contributed by atoms with Gasteiger partial charge in [-0.15, -0.1) is 11.8 Å². The second kappa shape index (κ2) is 8.44. The van der Waals surface area contributed by atoms with Crippen molar-refractivity contribution in [2.24, 2.45) is 0 Å². The normalized spacial score (nSPS) is 11.7. The standard InChI is InChI=1S/C13H17NO5S/c1-2-19-9-3-5-10(6-4-9)20-8-12(16)14-11(7-15)13(17)18/h3-6,11,15H,2,7-8H2,1H3,(H,14,16)(H,17,18). The van der Waals surface area contributed by atoms with E-state index in [1.165, 1.54) is 11.8 Å². The lowest BCUT2D eigenvalue weighted by molar-refractivity contribution is -0.142. The van der Waals surface area contributed by atoms with E-state index in [9.17, 15) is 9.59 Å². The largest absolute Gasteiger partial charge is 0.494 e. The first-order chi connectivity index (χ1) is 9.56. The number of aliphatic carboxylic acids is 1. The van der Waals surface area contributed by atoms with Crippen LogP contribution in [0.25, 0.3) is 0 Å². The average molecular weight is 299 g/mol. The monoisotopic (exact) mass is 299 g/mol. The third-order valence-corrected chi connectivity index (χ3v) is 3.33. The summed E-state index contributed by atoms with van der Waals surface area (Å²) in [4.78, 5) is 23.0. The summed E-state index contributed by atoms with van der Waals surface area (Å²) in [5.41, 5.74) is 0. The van der Waals surface area contributed by atoms with E-state index < -0.39 is 24.5 Å². The first-order valence-corrected chi connectivity index (χ1v) is 7.04. The van der Waals surface area contributed by atoms with E-state index in [0.29, 0.717) is 6.61 Å². The molecule has 0 radical (unpaired) electrons. The van der Waals surface area contributed by atoms with Gasteiger partial charge in [-0.25, -0.2) is 4.79 Å². The maximum absolute atomic E-state index is 11.5. The zero-order valence-corrected chi connectivity index (χ0v) is 11.9. The average Bonchev–Trinajstić information content (AvgIpc) is 2.44. The van der Waals surface area contributed by atoms with Crippen LogP contribution in [-0.4, -0.2) is 47.1 Å². The molecule has 0 saturated carbocycles. The maximum atomic E-state index is 11.5. The fraction of sp³-hybridized carbons (Fsp3) is 0.385. The highest BCUT2D eigenvalue weighted by atomic mass is 32.2. The van der Waals surface area contributed by atoms with E-state index in [1.807, 2.05) is 19.1 Å². The molecule has 1 atom stereocenters. The predicted octanol–water partition coefficient (Wildman–Crippen LogP) is 0.739. The number of nitrogens with one attached hydrogen (secondary N) is 1. The summed E-state index contributed by atoms with van der Waals surface area (Å²) in [6.07, 6.45) is 0. The number of hydrogen-bond donors (Lipinski definition) is 3. The fourth-order valence-electron chi connectivity index (χ4n) is 1.37. The lowest BCUT2D eigenvalue weighted by atomic mass is 10.3. The van der Waals surface area contributed by atoms with Gasteiger partial charge in [0.15, 0.2) is 0 Å². The number of hydrogen-bond acceptors (Lipinski definition) is 5. The Bertz CT molecular complexity index is 449. The van der Waals surface area contributed by atoms with Crippen molar-refractivity contribution < 1.29 is 24.5 Å². The van der Waals surface area contributed by atoms with Crippen LogP contribution in [0.1, 0.15) is 6.92 Å². The molecule has 0 spiro atoms. The number of carboxylic acid groups (broad SMARTS) is 1. The van der Waals surface area contributed by atoms with Crippen LogP contribution in [0.5, 0.6) is 5.75 Å². The van der Waals surface area contributed by atoms with E-state index in [4.69, 9.17) is 14.9 Å². The molecule has 0 bridgehead atoms. The van der Waals surface area contributed by atoms with Crippen molar-refractivity contribution in [3.05, 3.63) is 24.3 Å². The van der Waals surface area contributed by atoms with E-state index in [-0.39, 0.29) is 5.75 Å². The summed E-state index contributed by atoms with van der Waals surface area (Å²) in [5, 5.41) is 19.7. The highest BCUT2D eigenvalue weighted by Crippen LogP contribution is 2.21. The van der Waals surface area contributed by atoms with Crippen LogP contribution in [0, 0.1) is 0 Å². The Morgan fingerprint density at radius 1 is 1.35 bits per heavy atom. The molecule has 0 saturated heterocycles. The van der Waals surface area contributed by atoms with Gasteiger partial charge < -0.3 is 20.3 Å². The van der Waals surface area contributed by atoms with Crippen molar-refractivity contribution in [2.75, 3.05) is 19.0 Å². The second-order valence-corrected chi connectivity index (χ2v) is 4.88. The smallest absolute Gasteiger partial charge is 0.328 e. The fourth-order valence-corrected chi connectivity index (χ4v) is 2.08. The van der Waals surface area contributed by atoms with E-state index >= 15 is 0 Å². The van der Waals surface area contributed by atoms with Crippen LogP contribution >= 0.6 is 11.8 Å². The van der Waals surface area contributed by atoms with Crippen LogP contribution in [0.15, 0.2) is 29.2 Å². The second-order valence-electron chi connectivity index (χ2n) is 3.83. The Balaban J connectivity index is 2.42. The van der Waals surface area contributed by atoms with Gasteiger partial charge in [-0.05, 0) is 31.2 Å². The number of carboxylic acids is 1. The molecule has 1 rings (SSSR count). The summed E-state index contributed by atoms with van der Waals surface area (Å²) >= 11 is 1.28. The van der Waals surface area contributed by atoms with Crippen LogP contribution in [0.3, 0.4) is 0 Å². The van der Waals surface area contributed by atoms with Gasteiger partial charge in [0.25, 0.3) is 0 Å². The molecule has 1 amide bonds. The lowest BCUT2D eigenvalue weighted by Crippen LogP contribution is -2.44. The van der Waals surface area contributed by atoms with Crippen molar-refractivity contribution in [1.82, 2.24) is 5.32 Å². The van der Waals surface area contributed by atoms with Crippen LogP contribution < -0.4 is 10.1 Å². The van der Waals surface area contributed by atoms with Gasteiger partial charge in [-0.2, -0.15) is 0 Å². The molecule has 0 heterocycles. The third kappa shape index (κ3) is 5.50. The summed E-state index contributed by atoms with van der Waals surface area (Å²) < 4.78 is 5.30. The molecule has 20 heavy (non-hydrogen) atoms. The SMILES string of the molecule is CCOc1ccc(SCC(=O)NC(CO)C(=O)O)cc1. The van der Waals surface area contributed by atoms with Gasteiger partial charge >= 0.3 is 5.97 Å². The Hall–Kier alpha value is -1.73. The Labute approximate surface area is 121 Å². The number of ether oxygens (including phenoxy) is 1. The summed E-state index contributed by atoms with van der Waals surface area (Å²) in [6, 6.07) is 5.99. The number of amides is 1. The van der Waals surface area contributed by atoms with Crippen molar-refractivity contribution in [3.8, 4) is 5.75 Å². The number of aliphatic hydroxyl groups is 1. The summed E-state index contributed by atoms with van der Waals surface area (Å²) in [7, 11) is 0. The van der Waals surface area contributed by atoms with Crippen LogP contribution in [-0.2, 0) is 9.59 Å². The highest BCUT2D eigenvalue weighted by Gasteiger charge is 2.18. The predicted molar refractivity (Wildman–Crippen MR) is 75.0 cm³/mol. The molecule has 6 nitrogen and oxygen atoms in total. The highest BCUT2D eigenvalue weighted by molar-refractivity contribution is 8.00. The van der Waals surface area contributed by atoms with E-state index in [2.05, 4.69) is 5.32 Å². The molecular formula is C13H17NO5S. The topological polar surface area (TPSA) is 95.9 Å². The van der Waals surface area contributed by atoms with Gasteiger partial charge in [0.1, 0.15) is 11.8 Å². The first kappa shape index (κ1) is 16.3. The van der Waals surface area contributed by atoms with Crippen molar-refractivity contribution in [2.45, 2.75) is 17.9 Å². The number of aliphatic hydroxyl groups excluding tert-OH is 1. The van der Waals surface area contributed by atoms with Gasteiger partial charge in [-0.3, -0.25) is 4.79 Å². The lowest BCUT2D eigenvalue weighted by Gasteiger charge is -2.11. The molecule has 0 fully saturated rings. The van der Waals surface area contributed by atoms with E-state index in [1.54, 1.807) is 12.1 Å². The first-order valence-electron chi connectivity index (χ1n) is 6.05. The molecule has 7 heteroatoms. The maximum Gasteiger partial charge on any atom is 0.328 e. The Kier molecular flexibility index (Phi) is 6.89. The van der Waals surface area contributed by atoms with Crippen LogP contribution in [0.2, 0.25) is 0 Å². The molecule has 1 aromatic rings. The van der Waals surface area contributed by atoms with E-state index in [0.717, 1.165) is 10.6 Å². The Morgan fingerprint density at radius 2 is 2.00 bits per heavy atom. The molecule has 1 aromatic carbocycles. The molecule has 3 N–H and O–H groups in total. The third-order valence-electron chi connectivity index (χ3n) is 2.32. The van der Waals surface area contributed by atoms with Crippen LogP contribution in [0.4, 0.5) is 0 Å². The molecular weight excluding hydrogens is 282 g/mol. The number of thioether (sulfide) groups is 1. The van der Waals surface area contributed by atoms with Gasteiger partial charge in [0.2, 0.25) is 5.91 Å². The van der Waals surface area contributed by atoms with Gasteiger partial charge in [0, 0.05) is 4.90 Å². The molecule has 0 aliphatic rings. The molecule has 110 valence electrons. The zero-order valence-electron chi connectivity index (χ0n) is 11.0. The minimum atomic E-state index is -1.26. The van der Waals surface area contributed by atoms with Crippen molar-refractivity contribution >= 4 is 23.6 Å². The van der Waals surface area contributed by atoms with Crippen molar-refractivity contribution in [3.63, 3.8) is 0 Å². The molecule has 1 unspecified atom stereocenters. The zero-order chi connectivity index (χ0) is 15.0.